The van der Waals surface area contributed by atoms with E-state index in [1.807, 2.05) is 48.5 Å². The number of hydrogen-bond acceptors (Lipinski definition) is 4. The summed E-state index contributed by atoms with van der Waals surface area (Å²) in [5.74, 6) is 1.06. The van der Waals surface area contributed by atoms with Crippen molar-refractivity contribution in [3.05, 3.63) is 118 Å². The largest absolute Gasteiger partial charge is 0.497 e. The first-order valence-corrected chi connectivity index (χ1v) is 15.2. The van der Waals surface area contributed by atoms with Gasteiger partial charge < -0.3 is 15.0 Å². The molecule has 3 aromatic carbocycles. The number of carbonyl (C=O) groups is 1. The van der Waals surface area contributed by atoms with Crippen molar-refractivity contribution in [2.45, 2.75) is 52.4 Å². The van der Waals surface area contributed by atoms with E-state index in [1.165, 1.54) is 5.56 Å². The van der Waals surface area contributed by atoms with Crippen LogP contribution in [0.1, 0.15) is 62.6 Å². The van der Waals surface area contributed by atoms with E-state index in [-0.39, 0.29) is 23.4 Å². The Morgan fingerprint density at radius 1 is 0.886 bits per heavy atom. The summed E-state index contributed by atoms with van der Waals surface area (Å²) in [6.45, 7) is 8.88. The molecular weight excluding hydrogens is 548 g/mol. The van der Waals surface area contributed by atoms with E-state index in [0.717, 1.165) is 45.5 Å². The van der Waals surface area contributed by atoms with Crippen LogP contribution in [-0.4, -0.2) is 29.7 Å². The monoisotopic (exact) mass is 588 g/mol. The van der Waals surface area contributed by atoms with Crippen LogP contribution in [0.2, 0.25) is 0 Å². The van der Waals surface area contributed by atoms with Crippen molar-refractivity contribution in [3.63, 3.8) is 0 Å². The molecule has 7 nitrogen and oxygen atoms in total. The van der Waals surface area contributed by atoms with Gasteiger partial charge in [-0.05, 0) is 95.0 Å². The molecule has 0 atom stereocenters. The van der Waals surface area contributed by atoms with Crippen molar-refractivity contribution < 1.29 is 9.53 Å². The predicted octanol–water partition coefficient (Wildman–Crippen LogP) is 8.52. The van der Waals surface area contributed by atoms with Gasteiger partial charge in [0, 0.05) is 23.8 Å². The summed E-state index contributed by atoms with van der Waals surface area (Å²) in [6.07, 6.45) is 3.10. The number of aromatic amines is 1. The van der Waals surface area contributed by atoms with Gasteiger partial charge in [-0.3, -0.25) is 9.69 Å². The fourth-order valence-electron chi connectivity index (χ4n) is 5.53. The first kappa shape index (κ1) is 30.5. The lowest BCUT2D eigenvalue weighted by atomic mass is 9.88. The summed E-state index contributed by atoms with van der Waals surface area (Å²) < 4.78 is 5.48. The van der Waals surface area contributed by atoms with E-state index >= 15 is 0 Å². The number of rotatable bonds is 10. The molecule has 0 saturated carbocycles. The Labute approximate surface area is 258 Å². The molecular formula is C37H40N4O3. The maximum Gasteiger partial charge on any atom is 0.326 e. The smallest absolute Gasteiger partial charge is 0.326 e. The summed E-state index contributed by atoms with van der Waals surface area (Å²) in [7, 11) is 1.67. The molecule has 0 aliphatic rings. The van der Waals surface area contributed by atoms with Crippen LogP contribution in [0.25, 0.3) is 22.2 Å². The zero-order valence-electron chi connectivity index (χ0n) is 26.1. The Morgan fingerprint density at radius 2 is 1.61 bits per heavy atom. The van der Waals surface area contributed by atoms with Crippen molar-refractivity contribution in [2.24, 2.45) is 0 Å². The van der Waals surface area contributed by atoms with Crippen molar-refractivity contribution in [3.8, 4) is 16.9 Å². The standard InChI is InChI=1S/C37H40N4O3/c1-24(2)31-21-29(27-15-9-17-30(20-27)44-5)22-32(25(3)4)34(31)39-37(43)41(19-11-14-26-12-7-6-8-13-26)33-23-28-16-10-18-38-35(28)40-36(33)42/h6-10,12-13,15-18,20-25H,11,14,19H2,1-5H3,(H,39,43)(H,38,40,42). The first-order valence-electron chi connectivity index (χ1n) is 15.2. The highest BCUT2D eigenvalue weighted by atomic mass is 16.5. The number of nitrogens with zero attached hydrogens (tertiary/aromatic N) is 2. The van der Waals surface area contributed by atoms with Crippen molar-refractivity contribution in [1.82, 2.24) is 9.97 Å². The topological polar surface area (TPSA) is 87.3 Å². The molecule has 0 aliphatic heterocycles. The Hall–Kier alpha value is -4.91. The van der Waals surface area contributed by atoms with Gasteiger partial charge in [-0.2, -0.15) is 0 Å². The van der Waals surface area contributed by atoms with Crippen LogP contribution in [-0.2, 0) is 6.42 Å². The fraction of sp³-hybridized carbons (Fsp3) is 0.270. The normalized spacial score (nSPS) is 11.2. The quantitative estimate of drug-likeness (QED) is 0.171. The Kier molecular flexibility index (Phi) is 9.44. The summed E-state index contributed by atoms with van der Waals surface area (Å²) in [6, 6.07) is 27.6. The predicted molar refractivity (Wildman–Crippen MR) is 180 cm³/mol. The van der Waals surface area contributed by atoms with E-state index in [1.54, 1.807) is 24.3 Å². The molecule has 0 unspecified atom stereocenters. The number of benzene rings is 3. The second-order valence-electron chi connectivity index (χ2n) is 11.7. The lowest BCUT2D eigenvalue weighted by molar-refractivity contribution is 0.256. The van der Waals surface area contributed by atoms with E-state index in [0.29, 0.717) is 24.3 Å². The van der Waals surface area contributed by atoms with Crippen LogP contribution in [0.4, 0.5) is 16.2 Å². The lowest BCUT2D eigenvalue weighted by Crippen LogP contribution is -2.39. The highest BCUT2D eigenvalue weighted by Crippen LogP contribution is 2.38. The van der Waals surface area contributed by atoms with Crippen LogP contribution < -0.4 is 20.5 Å². The molecule has 44 heavy (non-hydrogen) atoms. The molecule has 2 N–H and O–H groups in total. The summed E-state index contributed by atoms with van der Waals surface area (Å²) >= 11 is 0. The summed E-state index contributed by atoms with van der Waals surface area (Å²) in [4.78, 5) is 36.3. The zero-order valence-corrected chi connectivity index (χ0v) is 26.1. The van der Waals surface area contributed by atoms with Gasteiger partial charge in [0.25, 0.3) is 5.56 Å². The highest BCUT2D eigenvalue weighted by molar-refractivity contribution is 6.03. The summed E-state index contributed by atoms with van der Waals surface area (Å²) in [5, 5.41) is 4.02. The molecule has 2 heterocycles. The number of pyridine rings is 2. The molecule has 5 aromatic rings. The van der Waals surface area contributed by atoms with Gasteiger partial charge in [0.2, 0.25) is 0 Å². The van der Waals surface area contributed by atoms with Crippen LogP contribution in [0.5, 0.6) is 5.75 Å². The third-order valence-corrected chi connectivity index (χ3v) is 7.90. The Bertz CT molecular complexity index is 1780. The van der Waals surface area contributed by atoms with Gasteiger partial charge in [-0.25, -0.2) is 9.78 Å². The number of ether oxygens (including phenoxy) is 1. The molecule has 226 valence electrons. The Balaban J connectivity index is 1.54. The maximum atomic E-state index is 14.3. The fourth-order valence-corrected chi connectivity index (χ4v) is 5.53. The van der Waals surface area contributed by atoms with Gasteiger partial charge in [0.1, 0.15) is 17.1 Å². The number of anilines is 2. The minimum Gasteiger partial charge on any atom is -0.497 e. The number of H-pyrrole nitrogens is 1. The van der Waals surface area contributed by atoms with E-state index in [2.05, 4.69) is 73.3 Å². The first-order chi connectivity index (χ1) is 21.2. The number of carbonyl (C=O) groups excluding carboxylic acids is 1. The van der Waals surface area contributed by atoms with Crippen molar-refractivity contribution in [1.29, 1.82) is 0 Å². The zero-order chi connectivity index (χ0) is 31.2. The molecule has 2 aromatic heterocycles. The minimum absolute atomic E-state index is 0.134. The van der Waals surface area contributed by atoms with E-state index < -0.39 is 0 Å². The lowest BCUT2D eigenvalue weighted by Gasteiger charge is -2.27. The van der Waals surface area contributed by atoms with Crippen LogP contribution in [0.3, 0.4) is 0 Å². The highest BCUT2D eigenvalue weighted by Gasteiger charge is 2.24. The molecule has 0 bridgehead atoms. The number of methoxy groups -OCH3 is 1. The van der Waals surface area contributed by atoms with Gasteiger partial charge in [-0.1, -0.05) is 70.2 Å². The number of aryl methyl sites for hydroxylation is 1. The number of amides is 2. The molecule has 2 amide bonds. The van der Waals surface area contributed by atoms with Gasteiger partial charge in [0.15, 0.2) is 0 Å². The number of nitrogens with one attached hydrogen (secondary N) is 2. The van der Waals surface area contributed by atoms with Crippen molar-refractivity contribution in [2.75, 3.05) is 23.9 Å². The second-order valence-corrected chi connectivity index (χ2v) is 11.7. The van der Waals surface area contributed by atoms with Gasteiger partial charge >= 0.3 is 6.03 Å². The molecule has 5 rings (SSSR count). The molecule has 0 spiro atoms. The van der Waals surface area contributed by atoms with E-state index in [9.17, 15) is 9.59 Å². The number of urea groups is 1. The maximum absolute atomic E-state index is 14.3. The number of fused-ring (bicyclic) bond motifs is 1. The van der Waals surface area contributed by atoms with Crippen LogP contribution in [0, 0.1) is 0 Å². The van der Waals surface area contributed by atoms with Gasteiger partial charge in [-0.15, -0.1) is 0 Å². The third-order valence-electron chi connectivity index (χ3n) is 7.90. The second kappa shape index (κ2) is 13.6. The molecule has 0 radical (unpaired) electrons. The average molecular weight is 589 g/mol. The average Bonchev–Trinajstić information content (AvgIpc) is 3.03. The SMILES string of the molecule is COc1cccc(-c2cc(C(C)C)c(NC(=O)N(CCCc3ccccc3)c3cc4cccnc4[nH]c3=O)c(C(C)C)c2)c1. The molecule has 0 saturated heterocycles. The Morgan fingerprint density at radius 3 is 2.30 bits per heavy atom. The molecule has 0 aliphatic carbocycles. The van der Waals surface area contributed by atoms with Crippen molar-refractivity contribution >= 4 is 28.4 Å². The third kappa shape index (κ3) is 6.83. The van der Waals surface area contributed by atoms with Crippen LogP contribution in [0.15, 0.2) is 95.9 Å². The minimum atomic E-state index is -0.354. The summed E-state index contributed by atoms with van der Waals surface area (Å²) in [5.41, 5.74) is 6.57. The van der Waals surface area contributed by atoms with Crippen LogP contribution >= 0.6 is 0 Å². The number of aromatic nitrogens is 2. The molecule has 7 heteroatoms. The van der Waals surface area contributed by atoms with Gasteiger partial charge in [0.05, 0.1) is 7.11 Å². The molecule has 0 fully saturated rings. The number of hydrogen-bond donors (Lipinski definition) is 2. The van der Waals surface area contributed by atoms with E-state index in [4.69, 9.17) is 4.74 Å².